The lowest BCUT2D eigenvalue weighted by Gasteiger charge is -2.07. The highest BCUT2D eigenvalue weighted by molar-refractivity contribution is 9.10. The lowest BCUT2D eigenvalue weighted by molar-refractivity contribution is 0.101. The number of fused-ring (bicyclic) bond motifs is 1. The first-order chi connectivity index (χ1) is 13.0. The summed E-state index contributed by atoms with van der Waals surface area (Å²) in [6, 6.07) is 14.5. The molecule has 0 saturated heterocycles. The van der Waals surface area contributed by atoms with E-state index in [4.69, 9.17) is 0 Å². The molecule has 0 bridgehead atoms. The number of amides is 1. The van der Waals surface area contributed by atoms with E-state index in [0.717, 1.165) is 5.69 Å². The van der Waals surface area contributed by atoms with Crippen molar-refractivity contribution in [2.45, 2.75) is 13.5 Å². The highest BCUT2D eigenvalue weighted by Gasteiger charge is 2.18. The van der Waals surface area contributed by atoms with Gasteiger partial charge in [-0.15, -0.1) is 0 Å². The van der Waals surface area contributed by atoms with Gasteiger partial charge < -0.3 is 5.32 Å². The molecule has 2 aromatic heterocycles. The first-order valence-corrected chi connectivity index (χ1v) is 9.32. The van der Waals surface area contributed by atoms with Gasteiger partial charge in [0.05, 0.1) is 28.6 Å². The predicted octanol–water partition coefficient (Wildman–Crippen LogP) is 4.14. The van der Waals surface area contributed by atoms with Crippen molar-refractivity contribution in [1.29, 1.82) is 0 Å². The Morgan fingerprint density at radius 1 is 1.19 bits per heavy atom. The van der Waals surface area contributed by atoms with Gasteiger partial charge in [0, 0.05) is 13.2 Å². The third-order valence-corrected chi connectivity index (χ3v) is 5.42. The number of aryl methyl sites for hydroxylation is 2. The van der Waals surface area contributed by atoms with Gasteiger partial charge in [0.1, 0.15) is 5.69 Å². The van der Waals surface area contributed by atoms with E-state index >= 15 is 0 Å². The summed E-state index contributed by atoms with van der Waals surface area (Å²) in [6.45, 7) is 2.48. The molecule has 0 aliphatic carbocycles. The number of aromatic nitrogens is 4. The number of nitrogens with zero attached hydrogens (tertiary/aromatic N) is 4. The maximum Gasteiger partial charge on any atom is 0.275 e. The van der Waals surface area contributed by atoms with Gasteiger partial charge in [-0.3, -0.25) is 14.2 Å². The average molecular weight is 424 g/mol. The molecular weight excluding hydrogens is 406 g/mol. The second kappa shape index (κ2) is 7.00. The van der Waals surface area contributed by atoms with Gasteiger partial charge in [0.2, 0.25) is 0 Å². The van der Waals surface area contributed by atoms with Crippen LogP contribution in [0.1, 0.15) is 21.7 Å². The zero-order valence-electron chi connectivity index (χ0n) is 15.0. The summed E-state index contributed by atoms with van der Waals surface area (Å²) >= 11 is 3.42. The highest BCUT2D eigenvalue weighted by atomic mass is 79.9. The number of hydrogen-bond donors (Lipinski definition) is 1. The molecule has 4 aromatic rings. The Kier molecular flexibility index (Phi) is 4.53. The third kappa shape index (κ3) is 3.38. The molecular formula is C20H18BrN5O. The van der Waals surface area contributed by atoms with Crippen LogP contribution < -0.4 is 5.32 Å². The van der Waals surface area contributed by atoms with Crippen molar-refractivity contribution in [2.75, 3.05) is 5.32 Å². The second-order valence-electron chi connectivity index (χ2n) is 6.39. The summed E-state index contributed by atoms with van der Waals surface area (Å²) in [4.78, 5) is 12.6. The predicted molar refractivity (Wildman–Crippen MR) is 109 cm³/mol. The van der Waals surface area contributed by atoms with Crippen LogP contribution >= 0.6 is 15.9 Å². The normalized spacial score (nSPS) is 11.1. The number of nitrogens with one attached hydrogen (secondary N) is 1. The molecule has 6 nitrogen and oxygen atoms in total. The van der Waals surface area contributed by atoms with Crippen molar-refractivity contribution in [3.8, 4) is 0 Å². The van der Waals surface area contributed by atoms with E-state index in [-0.39, 0.29) is 5.91 Å². The number of benzene rings is 2. The van der Waals surface area contributed by atoms with Crippen LogP contribution in [0.5, 0.6) is 0 Å². The molecule has 0 atom stereocenters. The molecule has 0 aliphatic rings. The first-order valence-electron chi connectivity index (χ1n) is 8.52. The number of anilines is 1. The van der Waals surface area contributed by atoms with Crippen LogP contribution in [0.3, 0.4) is 0 Å². The van der Waals surface area contributed by atoms with Crippen molar-refractivity contribution in [3.05, 3.63) is 76.3 Å². The molecule has 0 unspecified atom stereocenters. The minimum atomic E-state index is -0.227. The van der Waals surface area contributed by atoms with Gasteiger partial charge >= 0.3 is 0 Å². The summed E-state index contributed by atoms with van der Waals surface area (Å²) in [7, 11) is 1.75. The fraction of sp³-hybridized carbons (Fsp3) is 0.150. The number of hydrogen-bond acceptors (Lipinski definition) is 3. The van der Waals surface area contributed by atoms with E-state index < -0.39 is 0 Å². The third-order valence-electron chi connectivity index (χ3n) is 4.47. The molecule has 7 heteroatoms. The Balaban J connectivity index is 1.54. The van der Waals surface area contributed by atoms with Crippen molar-refractivity contribution in [1.82, 2.24) is 19.6 Å². The molecule has 2 heterocycles. The van der Waals surface area contributed by atoms with Gasteiger partial charge in [-0.2, -0.15) is 10.2 Å². The molecule has 2 aromatic carbocycles. The smallest absolute Gasteiger partial charge is 0.275 e. The average Bonchev–Trinajstić information content (AvgIpc) is 3.19. The van der Waals surface area contributed by atoms with Gasteiger partial charge in [-0.1, -0.05) is 42.5 Å². The Hall–Kier alpha value is -2.93. The molecule has 1 amide bonds. The molecule has 0 spiro atoms. The Morgan fingerprint density at radius 3 is 2.74 bits per heavy atom. The van der Waals surface area contributed by atoms with Crippen LogP contribution in [0, 0.1) is 6.92 Å². The topological polar surface area (TPSA) is 64.7 Å². The zero-order chi connectivity index (χ0) is 19.0. The summed E-state index contributed by atoms with van der Waals surface area (Å²) in [5.41, 5.74) is 3.08. The number of rotatable bonds is 4. The molecule has 0 radical (unpaired) electrons. The minimum Gasteiger partial charge on any atom is -0.318 e. The molecule has 4 rings (SSSR count). The van der Waals surface area contributed by atoms with E-state index in [0.29, 0.717) is 22.4 Å². The van der Waals surface area contributed by atoms with Crippen molar-refractivity contribution >= 4 is 38.3 Å². The Labute approximate surface area is 164 Å². The van der Waals surface area contributed by atoms with Crippen LogP contribution in [0.25, 0.3) is 10.8 Å². The number of carbonyl (C=O) groups excluding carboxylic acids is 1. The quantitative estimate of drug-likeness (QED) is 0.536. The lowest BCUT2D eigenvalue weighted by atomic mass is 10.0. The van der Waals surface area contributed by atoms with Crippen molar-refractivity contribution < 1.29 is 4.79 Å². The maximum absolute atomic E-state index is 12.6. The molecule has 27 heavy (non-hydrogen) atoms. The minimum absolute atomic E-state index is 0.227. The largest absolute Gasteiger partial charge is 0.318 e. The van der Waals surface area contributed by atoms with Gasteiger partial charge in [-0.05, 0) is 39.2 Å². The van der Waals surface area contributed by atoms with Crippen LogP contribution in [0.2, 0.25) is 0 Å². The van der Waals surface area contributed by atoms with Crippen LogP contribution in [-0.4, -0.2) is 25.5 Å². The number of carbonyl (C=O) groups is 1. The van der Waals surface area contributed by atoms with Crippen LogP contribution in [0.4, 0.5) is 5.69 Å². The van der Waals surface area contributed by atoms with E-state index in [1.54, 1.807) is 17.9 Å². The SMILES string of the molecule is Cc1nn(C)c(C(=O)Nc2cnn(Cc3cccc4ccccc34)c2)c1Br. The fourth-order valence-electron chi connectivity index (χ4n) is 3.19. The fourth-order valence-corrected chi connectivity index (χ4v) is 3.70. The highest BCUT2D eigenvalue weighted by Crippen LogP contribution is 2.22. The summed E-state index contributed by atoms with van der Waals surface area (Å²) in [5.74, 6) is -0.227. The van der Waals surface area contributed by atoms with E-state index in [1.807, 2.05) is 36.0 Å². The van der Waals surface area contributed by atoms with E-state index in [9.17, 15) is 4.79 Å². The van der Waals surface area contributed by atoms with Gasteiger partial charge in [0.25, 0.3) is 5.91 Å². The Morgan fingerprint density at radius 2 is 1.96 bits per heavy atom. The molecule has 0 fully saturated rings. The lowest BCUT2D eigenvalue weighted by Crippen LogP contribution is -2.16. The first kappa shape index (κ1) is 17.5. The van der Waals surface area contributed by atoms with Crippen LogP contribution in [0.15, 0.2) is 59.3 Å². The summed E-state index contributed by atoms with van der Waals surface area (Å²) < 4.78 is 4.08. The zero-order valence-corrected chi connectivity index (χ0v) is 16.6. The summed E-state index contributed by atoms with van der Waals surface area (Å²) in [6.07, 6.45) is 3.48. The molecule has 136 valence electrons. The van der Waals surface area contributed by atoms with Gasteiger partial charge in [-0.25, -0.2) is 0 Å². The maximum atomic E-state index is 12.6. The molecule has 0 saturated carbocycles. The standard InChI is InChI=1S/C20H18BrN5O/c1-13-18(21)19(25(2)24-13)20(27)23-16-10-22-26(12-16)11-15-8-5-7-14-6-3-4-9-17(14)15/h3-10,12H,11H2,1-2H3,(H,23,27). The Bertz CT molecular complexity index is 1140. The monoisotopic (exact) mass is 423 g/mol. The molecule has 1 N–H and O–H groups in total. The summed E-state index contributed by atoms with van der Waals surface area (Å²) in [5, 5.41) is 13.9. The molecule has 0 aliphatic heterocycles. The van der Waals surface area contributed by atoms with E-state index in [2.05, 4.69) is 55.7 Å². The second-order valence-corrected chi connectivity index (χ2v) is 7.18. The van der Waals surface area contributed by atoms with E-state index in [1.165, 1.54) is 16.3 Å². The van der Waals surface area contributed by atoms with Crippen LogP contribution in [-0.2, 0) is 13.6 Å². The van der Waals surface area contributed by atoms with Crippen molar-refractivity contribution in [3.63, 3.8) is 0 Å². The van der Waals surface area contributed by atoms with Gasteiger partial charge in [0.15, 0.2) is 0 Å². The van der Waals surface area contributed by atoms with Crippen molar-refractivity contribution in [2.24, 2.45) is 7.05 Å². The number of halogens is 1.